The first-order chi connectivity index (χ1) is 8.97. The van der Waals surface area contributed by atoms with Crippen molar-refractivity contribution < 1.29 is 4.74 Å². The van der Waals surface area contributed by atoms with Crippen LogP contribution in [-0.4, -0.2) is 0 Å². The summed E-state index contributed by atoms with van der Waals surface area (Å²) in [6.07, 6.45) is 0. The van der Waals surface area contributed by atoms with Gasteiger partial charge in [-0.15, -0.1) is 0 Å². The predicted octanol–water partition coefficient (Wildman–Crippen LogP) is 5.46. The van der Waals surface area contributed by atoms with Crippen LogP contribution in [0, 0.1) is 0 Å². The average Bonchev–Trinajstić information content (AvgIpc) is 2.33. The number of nitrogens with two attached hydrogens (primary N) is 1. The Morgan fingerprint density at radius 1 is 0.895 bits per heavy atom. The Balaban J connectivity index is 2.24. The zero-order valence-electron chi connectivity index (χ0n) is 10.2. The SMILES string of the molecule is CC(N)c1ccc(Oc2ccc(Cl)c(Cl)c2)cc1Cl. The molecule has 0 amide bonds. The monoisotopic (exact) mass is 315 g/mol. The van der Waals surface area contributed by atoms with Crippen LogP contribution in [0.1, 0.15) is 18.5 Å². The van der Waals surface area contributed by atoms with Crippen LogP contribution < -0.4 is 10.5 Å². The summed E-state index contributed by atoms with van der Waals surface area (Å²) in [6, 6.07) is 10.3. The maximum atomic E-state index is 6.14. The highest BCUT2D eigenvalue weighted by atomic mass is 35.5. The van der Waals surface area contributed by atoms with E-state index in [4.69, 9.17) is 45.3 Å². The van der Waals surface area contributed by atoms with Crippen molar-refractivity contribution in [2.75, 3.05) is 0 Å². The third kappa shape index (κ3) is 3.54. The molecule has 0 aliphatic rings. The summed E-state index contributed by atoms with van der Waals surface area (Å²) >= 11 is 17.9. The summed E-state index contributed by atoms with van der Waals surface area (Å²) in [5.41, 5.74) is 6.67. The van der Waals surface area contributed by atoms with Gasteiger partial charge in [-0.2, -0.15) is 0 Å². The van der Waals surface area contributed by atoms with E-state index < -0.39 is 0 Å². The van der Waals surface area contributed by atoms with Gasteiger partial charge in [-0.05, 0) is 36.8 Å². The highest BCUT2D eigenvalue weighted by molar-refractivity contribution is 6.42. The molecular weight excluding hydrogens is 305 g/mol. The number of benzene rings is 2. The van der Waals surface area contributed by atoms with Crippen LogP contribution in [0.4, 0.5) is 0 Å². The number of hydrogen-bond acceptors (Lipinski definition) is 2. The van der Waals surface area contributed by atoms with Gasteiger partial charge in [0.1, 0.15) is 11.5 Å². The van der Waals surface area contributed by atoms with Crippen molar-refractivity contribution in [3.8, 4) is 11.5 Å². The Hall–Kier alpha value is -0.930. The minimum Gasteiger partial charge on any atom is -0.457 e. The normalized spacial score (nSPS) is 12.3. The third-order valence-corrected chi connectivity index (χ3v) is 3.66. The largest absolute Gasteiger partial charge is 0.457 e. The van der Waals surface area contributed by atoms with E-state index in [0.717, 1.165) is 5.56 Å². The molecule has 2 aromatic carbocycles. The van der Waals surface area contributed by atoms with E-state index in [-0.39, 0.29) is 6.04 Å². The van der Waals surface area contributed by atoms with E-state index in [0.29, 0.717) is 26.6 Å². The van der Waals surface area contributed by atoms with E-state index >= 15 is 0 Å². The predicted molar refractivity (Wildman–Crippen MR) is 80.6 cm³/mol. The lowest BCUT2D eigenvalue weighted by molar-refractivity contribution is 0.482. The molecule has 0 spiro atoms. The average molecular weight is 317 g/mol. The lowest BCUT2D eigenvalue weighted by atomic mass is 10.1. The quantitative estimate of drug-likeness (QED) is 0.816. The lowest BCUT2D eigenvalue weighted by Gasteiger charge is -2.11. The molecule has 0 aliphatic carbocycles. The summed E-state index contributed by atoms with van der Waals surface area (Å²) in [4.78, 5) is 0. The molecule has 0 heterocycles. The molecule has 0 radical (unpaired) electrons. The number of halogens is 3. The minimum atomic E-state index is -0.119. The molecule has 1 atom stereocenters. The van der Waals surface area contributed by atoms with Crippen LogP contribution in [0.5, 0.6) is 11.5 Å². The van der Waals surface area contributed by atoms with Gasteiger partial charge in [-0.25, -0.2) is 0 Å². The van der Waals surface area contributed by atoms with E-state index in [1.807, 2.05) is 19.1 Å². The van der Waals surface area contributed by atoms with Crippen molar-refractivity contribution in [3.63, 3.8) is 0 Å². The van der Waals surface area contributed by atoms with Gasteiger partial charge in [0, 0.05) is 17.1 Å². The number of hydrogen-bond donors (Lipinski definition) is 1. The Bertz CT molecular complexity index is 599. The number of rotatable bonds is 3. The van der Waals surface area contributed by atoms with Crippen LogP contribution in [0.15, 0.2) is 36.4 Å². The van der Waals surface area contributed by atoms with Crippen molar-refractivity contribution in [3.05, 3.63) is 57.0 Å². The second kappa shape index (κ2) is 6.02. The Morgan fingerprint density at radius 3 is 2.00 bits per heavy atom. The molecule has 0 fully saturated rings. The molecule has 2 aromatic rings. The van der Waals surface area contributed by atoms with Crippen molar-refractivity contribution in [1.29, 1.82) is 0 Å². The Kier molecular flexibility index (Phi) is 4.58. The van der Waals surface area contributed by atoms with Gasteiger partial charge in [0.2, 0.25) is 0 Å². The van der Waals surface area contributed by atoms with Gasteiger partial charge in [-0.3, -0.25) is 0 Å². The maximum absolute atomic E-state index is 6.14. The lowest BCUT2D eigenvalue weighted by Crippen LogP contribution is -2.05. The first-order valence-electron chi connectivity index (χ1n) is 5.65. The minimum absolute atomic E-state index is 0.119. The highest BCUT2D eigenvalue weighted by Gasteiger charge is 2.08. The number of ether oxygens (including phenoxy) is 1. The van der Waals surface area contributed by atoms with Gasteiger partial charge < -0.3 is 10.5 Å². The molecule has 0 saturated heterocycles. The molecule has 2 nitrogen and oxygen atoms in total. The third-order valence-electron chi connectivity index (χ3n) is 2.59. The van der Waals surface area contributed by atoms with Gasteiger partial charge in [0.15, 0.2) is 0 Å². The van der Waals surface area contributed by atoms with Crippen molar-refractivity contribution >= 4 is 34.8 Å². The smallest absolute Gasteiger partial charge is 0.129 e. The molecule has 19 heavy (non-hydrogen) atoms. The Labute approximate surface area is 127 Å². The summed E-state index contributed by atoms with van der Waals surface area (Å²) < 4.78 is 5.66. The molecule has 100 valence electrons. The van der Waals surface area contributed by atoms with Crippen LogP contribution in [0.25, 0.3) is 0 Å². The van der Waals surface area contributed by atoms with Gasteiger partial charge in [-0.1, -0.05) is 40.9 Å². The molecule has 1 unspecified atom stereocenters. The molecule has 0 saturated carbocycles. The highest BCUT2D eigenvalue weighted by Crippen LogP contribution is 2.32. The van der Waals surface area contributed by atoms with E-state index in [2.05, 4.69) is 0 Å². The second-order valence-corrected chi connectivity index (χ2v) is 5.37. The summed E-state index contributed by atoms with van der Waals surface area (Å²) in [6.45, 7) is 1.88. The zero-order chi connectivity index (χ0) is 14.0. The fourth-order valence-corrected chi connectivity index (χ4v) is 2.25. The van der Waals surface area contributed by atoms with E-state index in [1.54, 1.807) is 24.3 Å². The maximum Gasteiger partial charge on any atom is 0.129 e. The van der Waals surface area contributed by atoms with Crippen LogP contribution in [-0.2, 0) is 0 Å². The fraction of sp³-hybridized carbons (Fsp3) is 0.143. The molecule has 0 bridgehead atoms. The summed E-state index contributed by atoms with van der Waals surface area (Å²) in [5, 5.41) is 1.50. The van der Waals surface area contributed by atoms with Gasteiger partial charge in [0.05, 0.1) is 10.0 Å². The van der Waals surface area contributed by atoms with Crippen molar-refractivity contribution in [2.24, 2.45) is 5.73 Å². The van der Waals surface area contributed by atoms with Gasteiger partial charge in [0.25, 0.3) is 0 Å². The fourth-order valence-electron chi connectivity index (χ4n) is 1.62. The van der Waals surface area contributed by atoms with Crippen LogP contribution >= 0.6 is 34.8 Å². The second-order valence-electron chi connectivity index (χ2n) is 4.15. The first kappa shape index (κ1) is 14.5. The summed E-state index contributed by atoms with van der Waals surface area (Å²) in [7, 11) is 0. The molecule has 2 rings (SSSR count). The topological polar surface area (TPSA) is 35.2 Å². The van der Waals surface area contributed by atoms with E-state index in [9.17, 15) is 0 Å². The van der Waals surface area contributed by atoms with Crippen molar-refractivity contribution in [1.82, 2.24) is 0 Å². The molecule has 5 heteroatoms. The van der Waals surface area contributed by atoms with Crippen LogP contribution in [0.2, 0.25) is 15.1 Å². The molecule has 0 aromatic heterocycles. The Morgan fingerprint density at radius 2 is 1.47 bits per heavy atom. The van der Waals surface area contributed by atoms with E-state index in [1.165, 1.54) is 0 Å². The molecular formula is C14H12Cl3NO. The standard InChI is InChI=1S/C14H12Cl3NO/c1-8(18)11-4-2-9(6-13(11)16)19-10-3-5-12(15)14(17)7-10/h2-8H,18H2,1H3. The molecule has 2 N–H and O–H groups in total. The first-order valence-corrected chi connectivity index (χ1v) is 6.78. The summed E-state index contributed by atoms with van der Waals surface area (Å²) in [5.74, 6) is 1.21. The van der Waals surface area contributed by atoms with Crippen molar-refractivity contribution in [2.45, 2.75) is 13.0 Å². The zero-order valence-corrected chi connectivity index (χ0v) is 12.4. The van der Waals surface area contributed by atoms with Crippen LogP contribution in [0.3, 0.4) is 0 Å². The van der Waals surface area contributed by atoms with Gasteiger partial charge >= 0.3 is 0 Å². The molecule has 0 aliphatic heterocycles.